The number of hydrogen-bond acceptors (Lipinski definition) is 4. The minimum absolute atomic E-state index is 0.863. The van der Waals surface area contributed by atoms with Gasteiger partial charge in [-0.05, 0) is 32.5 Å². The van der Waals surface area contributed by atoms with Crippen LogP contribution in [-0.4, -0.2) is 27.7 Å². The lowest BCUT2D eigenvalue weighted by molar-refractivity contribution is 1.00. The van der Waals surface area contributed by atoms with E-state index in [0.29, 0.717) is 0 Å². The standard InChI is InChI=1S/C18H42S4Si2/c1-7-23(8-2,9-3)17-13-15-19-21-22-20-16-14-18-24(10-4,11-5)12-6/h7-18H2,1-6H3. The Labute approximate surface area is 170 Å². The second kappa shape index (κ2) is 15.8. The lowest BCUT2D eigenvalue weighted by atomic mass is 10.6. The van der Waals surface area contributed by atoms with E-state index >= 15 is 0 Å². The first-order chi connectivity index (χ1) is 11.6. The normalized spacial score (nSPS) is 12.8. The first kappa shape index (κ1) is 25.8. The van der Waals surface area contributed by atoms with Crippen LogP contribution in [0.2, 0.25) is 48.4 Å². The van der Waals surface area contributed by atoms with Crippen LogP contribution in [0.3, 0.4) is 0 Å². The monoisotopic (exact) mass is 442 g/mol. The molecular weight excluding hydrogens is 401 g/mol. The van der Waals surface area contributed by atoms with E-state index in [9.17, 15) is 0 Å². The highest BCUT2D eigenvalue weighted by Crippen LogP contribution is 2.44. The quantitative estimate of drug-likeness (QED) is 0.125. The van der Waals surface area contributed by atoms with Gasteiger partial charge >= 0.3 is 0 Å². The summed E-state index contributed by atoms with van der Waals surface area (Å²) < 4.78 is 0. The molecule has 0 aromatic carbocycles. The molecule has 0 radical (unpaired) electrons. The summed E-state index contributed by atoms with van der Waals surface area (Å²) in [6, 6.07) is 12.0. The van der Waals surface area contributed by atoms with E-state index in [1.54, 1.807) is 12.1 Å². The minimum atomic E-state index is -0.863. The summed E-state index contributed by atoms with van der Waals surface area (Å²) in [5.74, 6) is 2.70. The number of hydrogen-bond donors (Lipinski definition) is 0. The molecular formula is C18H42S4Si2. The van der Waals surface area contributed by atoms with Crippen molar-refractivity contribution >= 4 is 57.4 Å². The zero-order valence-electron chi connectivity index (χ0n) is 17.1. The average molecular weight is 443 g/mol. The van der Waals surface area contributed by atoms with Gasteiger partial charge in [-0.2, -0.15) is 0 Å². The van der Waals surface area contributed by atoms with Crippen LogP contribution in [-0.2, 0) is 0 Å². The lowest BCUT2D eigenvalue weighted by Gasteiger charge is -2.28. The fourth-order valence-electron chi connectivity index (χ4n) is 3.68. The summed E-state index contributed by atoms with van der Waals surface area (Å²) in [6.07, 6.45) is 2.89. The van der Waals surface area contributed by atoms with Gasteiger partial charge in [-0.1, -0.05) is 111 Å². The molecule has 0 aliphatic heterocycles. The van der Waals surface area contributed by atoms with Crippen LogP contribution >= 0.6 is 41.2 Å². The molecule has 0 bridgehead atoms. The van der Waals surface area contributed by atoms with Crippen LogP contribution in [0.4, 0.5) is 0 Å². The summed E-state index contributed by atoms with van der Waals surface area (Å²) >= 11 is 0. The Morgan fingerprint density at radius 3 is 1.04 bits per heavy atom. The molecule has 0 aromatic heterocycles. The van der Waals surface area contributed by atoms with Crippen LogP contribution in [0.15, 0.2) is 0 Å². The first-order valence-corrected chi connectivity index (χ1v) is 21.0. The van der Waals surface area contributed by atoms with Crippen LogP contribution in [0, 0.1) is 0 Å². The second-order valence-corrected chi connectivity index (χ2v) is 24.6. The summed E-state index contributed by atoms with van der Waals surface area (Å²) in [6.45, 7) is 14.6. The van der Waals surface area contributed by atoms with Gasteiger partial charge in [-0.25, -0.2) is 0 Å². The number of rotatable bonds is 17. The maximum Gasteiger partial charge on any atom is 0.0527 e. The Balaban J connectivity index is 3.58. The fraction of sp³-hybridized carbons (Fsp3) is 1.00. The van der Waals surface area contributed by atoms with Gasteiger partial charge in [0.1, 0.15) is 0 Å². The van der Waals surface area contributed by atoms with Crippen molar-refractivity contribution in [2.45, 2.75) is 103 Å². The molecule has 0 unspecified atom stereocenters. The smallest absolute Gasteiger partial charge is 0.0527 e. The molecule has 0 amide bonds. The SMILES string of the molecule is CC[Si](CC)(CC)CCCSSSSCCC[Si](CC)(CC)CC. The third-order valence-corrected chi connectivity index (χ3v) is 25.0. The van der Waals surface area contributed by atoms with Gasteiger partial charge in [0.15, 0.2) is 0 Å². The van der Waals surface area contributed by atoms with Gasteiger partial charge in [-0.15, -0.1) is 0 Å². The highest BCUT2D eigenvalue weighted by atomic mass is 33.7. The minimum Gasteiger partial charge on any atom is -0.0817 e. The van der Waals surface area contributed by atoms with Crippen molar-refractivity contribution < 1.29 is 0 Å². The molecule has 6 heteroatoms. The summed E-state index contributed by atoms with van der Waals surface area (Å²) in [4.78, 5) is 0. The van der Waals surface area contributed by atoms with E-state index in [4.69, 9.17) is 0 Å². The van der Waals surface area contributed by atoms with Crippen molar-refractivity contribution in [3.05, 3.63) is 0 Å². The molecule has 0 aromatic rings. The highest BCUT2D eigenvalue weighted by Gasteiger charge is 2.26. The summed E-state index contributed by atoms with van der Waals surface area (Å²) in [7, 11) is 6.51. The van der Waals surface area contributed by atoms with Crippen LogP contribution in [0.1, 0.15) is 54.4 Å². The van der Waals surface area contributed by atoms with Crippen molar-refractivity contribution in [1.82, 2.24) is 0 Å². The van der Waals surface area contributed by atoms with Crippen molar-refractivity contribution in [1.29, 1.82) is 0 Å². The molecule has 0 heterocycles. The molecule has 0 fully saturated rings. The maximum absolute atomic E-state index is 2.43. The van der Waals surface area contributed by atoms with Gasteiger partial charge in [0.25, 0.3) is 0 Å². The fourth-order valence-corrected chi connectivity index (χ4v) is 17.3. The highest BCUT2D eigenvalue weighted by molar-refractivity contribution is 9.26. The van der Waals surface area contributed by atoms with Crippen molar-refractivity contribution in [2.75, 3.05) is 11.5 Å². The average Bonchev–Trinajstić information content (AvgIpc) is 2.64. The molecule has 24 heavy (non-hydrogen) atoms. The van der Waals surface area contributed by atoms with Crippen LogP contribution in [0.5, 0.6) is 0 Å². The molecule has 0 aliphatic rings. The maximum atomic E-state index is 2.43. The van der Waals surface area contributed by atoms with Gasteiger partial charge in [-0.3, -0.25) is 0 Å². The van der Waals surface area contributed by atoms with Crippen LogP contribution in [0.25, 0.3) is 0 Å². The molecule has 0 saturated heterocycles. The third-order valence-electron chi connectivity index (χ3n) is 6.49. The van der Waals surface area contributed by atoms with Gasteiger partial charge in [0.05, 0.1) is 16.1 Å². The van der Waals surface area contributed by atoms with E-state index in [1.807, 2.05) is 19.7 Å². The molecule has 0 rings (SSSR count). The Morgan fingerprint density at radius 1 is 0.500 bits per heavy atom. The van der Waals surface area contributed by atoms with E-state index in [0.717, 1.165) is 0 Å². The predicted octanol–water partition coefficient (Wildman–Crippen LogP) is 9.46. The van der Waals surface area contributed by atoms with E-state index < -0.39 is 16.1 Å². The molecule has 0 N–H and O–H groups in total. The van der Waals surface area contributed by atoms with Crippen molar-refractivity contribution in [3.8, 4) is 0 Å². The van der Waals surface area contributed by atoms with Crippen molar-refractivity contribution in [2.24, 2.45) is 0 Å². The van der Waals surface area contributed by atoms with E-state index in [2.05, 4.69) is 63.1 Å². The van der Waals surface area contributed by atoms with Crippen LogP contribution < -0.4 is 0 Å². The lowest BCUT2D eigenvalue weighted by Crippen LogP contribution is -2.30. The third kappa shape index (κ3) is 10.2. The Bertz CT molecular complexity index is 238. The Hall–Kier alpha value is 1.83. The Morgan fingerprint density at radius 2 is 0.792 bits per heavy atom. The molecule has 0 aliphatic carbocycles. The summed E-state index contributed by atoms with van der Waals surface area (Å²) in [5, 5.41) is 0. The van der Waals surface area contributed by atoms with Gasteiger partial charge < -0.3 is 0 Å². The Kier molecular flexibility index (Phi) is 17.1. The zero-order chi connectivity index (χ0) is 18.3. The molecule has 0 nitrogen and oxygen atoms in total. The molecule has 0 atom stereocenters. The topological polar surface area (TPSA) is 0 Å². The predicted molar refractivity (Wildman–Crippen MR) is 133 cm³/mol. The second-order valence-electron chi connectivity index (χ2n) is 7.11. The molecule has 0 saturated carbocycles. The van der Waals surface area contributed by atoms with Gasteiger partial charge in [0.2, 0.25) is 0 Å². The van der Waals surface area contributed by atoms with Gasteiger partial charge in [0, 0.05) is 11.5 Å². The molecule has 146 valence electrons. The van der Waals surface area contributed by atoms with E-state index in [1.165, 1.54) is 60.6 Å². The summed E-state index contributed by atoms with van der Waals surface area (Å²) in [5.41, 5.74) is 0. The zero-order valence-corrected chi connectivity index (χ0v) is 22.4. The largest absolute Gasteiger partial charge is 0.0817 e. The van der Waals surface area contributed by atoms with E-state index in [-0.39, 0.29) is 0 Å². The van der Waals surface area contributed by atoms with Crippen molar-refractivity contribution in [3.63, 3.8) is 0 Å². The molecule has 0 spiro atoms. The first-order valence-electron chi connectivity index (χ1n) is 10.1.